The lowest BCUT2D eigenvalue weighted by molar-refractivity contribution is -0.113. The van der Waals surface area contributed by atoms with E-state index in [1.165, 1.54) is 11.8 Å². The van der Waals surface area contributed by atoms with Crippen molar-refractivity contribution in [3.8, 4) is 23.1 Å². The summed E-state index contributed by atoms with van der Waals surface area (Å²) in [6, 6.07) is 20.7. The summed E-state index contributed by atoms with van der Waals surface area (Å²) in [6.45, 7) is 2.02. The summed E-state index contributed by atoms with van der Waals surface area (Å²) in [5, 5.41) is 21.3. The van der Waals surface area contributed by atoms with Gasteiger partial charge in [-0.1, -0.05) is 42.1 Å². The van der Waals surface area contributed by atoms with Gasteiger partial charge in [-0.25, -0.2) is 0 Å². The molecule has 0 aliphatic rings. The Labute approximate surface area is 183 Å². The topological polar surface area (TPSA) is 96.5 Å². The third kappa shape index (κ3) is 4.47. The van der Waals surface area contributed by atoms with E-state index in [-0.39, 0.29) is 11.7 Å². The molecule has 0 atom stereocenters. The zero-order valence-electron chi connectivity index (χ0n) is 16.7. The minimum atomic E-state index is -0.225. The molecule has 31 heavy (non-hydrogen) atoms. The summed E-state index contributed by atoms with van der Waals surface area (Å²) in [5.41, 5.74) is 3.80. The fourth-order valence-electron chi connectivity index (χ4n) is 3.09. The number of amides is 1. The van der Waals surface area contributed by atoms with Gasteiger partial charge in [0.2, 0.25) is 5.91 Å². The second-order valence-electron chi connectivity index (χ2n) is 6.66. The number of nitrogens with zero attached hydrogens (tertiary/aromatic N) is 5. The molecule has 0 saturated carbocycles. The van der Waals surface area contributed by atoms with Crippen LogP contribution in [0.4, 0.5) is 5.69 Å². The lowest BCUT2D eigenvalue weighted by Gasteiger charge is -2.13. The highest BCUT2D eigenvalue weighted by Crippen LogP contribution is 2.29. The first-order chi connectivity index (χ1) is 15.2. The SMILES string of the molecule is Cc1ccccc1-n1c(SCC(=O)Nc2ccccc2C#N)nnc1-c1ccncc1. The highest BCUT2D eigenvalue weighted by molar-refractivity contribution is 7.99. The molecule has 0 spiro atoms. The first kappa shape index (κ1) is 20.3. The number of pyridine rings is 1. The van der Waals surface area contributed by atoms with Crippen LogP contribution in [-0.4, -0.2) is 31.4 Å². The Kier molecular flexibility index (Phi) is 6.05. The Hall–Kier alpha value is -3.96. The van der Waals surface area contributed by atoms with E-state index in [4.69, 9.17) is 0 Å². The van der Waals surface area contributed by atoms with Crippen LogP contribution in [0.3, 0.4) is 0 Å². The smallest absolute Gasteiger partial charge is 0.234 e. The summed E-state index contributed by atoms with van der Waals surface area (Å²) in [7, 11) is 0. The fraction of sp³-hybridized carbons (Fsp3) is 0.0870. The first-order valence-electron chi connectivity index (χ1n) is 9.51. The number of hydrogen-bond donors (Lipinski definition) is 1. The third-order valence-electron chi connectivity index (χ3n) is 4.58. The van der Waals surface area contributed by atoms with Crippen LogP contribution in [0.15, 0.2) is 78.2 Å². The maximum atomic E-state index is 12.5. The minimum Gasteiger partial charge on any atom is -0.324 e. The normalized spacial score (nSPS) is 10.5. The molecule has 4 rings (SSSR count). The summed E-state index contributed by atoms with van der Waals surface area (Å²) in [5.74, 6) is 0.576. The van der Waals surface area contributed by atoms with Crippen LogP contribution in [-0.2, 0) is 4.79 Å². The van der Waals surface area contributed by atoms with Crippen LogP contribution in [0, 0.1) is 18.3 Å². The Morgan fingerprint density at radius 2 is 1.81 bits per heavy atom. The molecule has 1 N–H and O–H groups in total. The van der Waals surface area contributed by atoms with Crippen LogP contribution in [0.5, 0.6) is 0 Å². The van der Waals surface area contributed by atoms with E-state index in [1.807, 2.05) is 47.9 Å². The van der Waals surface area contributed by atoms with Gasteiger partial charge < -0.3 is 5.32 Å². The Morgan fingerprint density at radius 3 is 2.58 bits per heavy atom. The van der Waals surface area contributed by atoms with Gasteiger partial charge >= 0.3 is 0 Å². The molecule has 8 heteroatoms. The molecule has 0 aliphatic heterocycles. The zero-order chi connectivity index (χ0) is 21.6. The quantitative estimate of drug-likeness (QED) is 0.463. The van der Waals surface area contributed by atoms with E-state index in [0.29, 0.717) is 22.2 Å². The van der Waals surface area contributed by atoms with E-state index < -0.39 is 0 Å². The molecule has 2 heterocycles. The summed E-state index contributed by atoms with van der Waals surface area (Å²) in [4.78, 5) is 16.6. The molecule has 4 aromatic rings. The van der Waals surface area contributed by atoms with Crippen molar-refractivity contribution in [3.63, 3.8) is 0 Å². The summed E-state index contributed by atoms with van der Waals surface area (Å²) >= 11 is 1.29. The molecule has 1 amide bonds. The van der Waals surface area contributed by atoms with Gasteiger partial charge in [0.05, 0.1) is 22.7 Å². The maximum Gasteiger partial charge on any atom is 0.234 e. The van der Waals surface area contributed by atoms with Crippen molar-refractivity contribution < 1.29 is 4.79 Å². The molecule has 0 saturated heterocycles. The van der Waals surface area contributed by atoms with Crippen LogP contribution in [0.2, 0.25) is 0 Å². The lowest BCUT2D eigenvalue weighted by Crippen LogP contribution is -2.15. The van der Waals surface area contributed by atoms with Crippen molar-refractivity contribution in [1.29, 1.82) is 5.26 Å². The van der Waals surface area contributed by atoms with Crippen LogP contribution < -0.4 is 5.32 Å². The molecular weight excluding hydrogens is 408 g/mol. The predicted molar refractivity (Wildman–Crippen MR) is 120 cm³/mol. The van der Waals surface area contributed by atoms with Gasteiger partial charge in [-0.3, -0.25) is 14.3 Å². The van der Waals surface area contributed by atoms with Crippen molar-refractivity contribution in [1.82, 2.24) is 19.7 Å². The number of thioether (sulfide) groups is 1. The highest BCUT2D eigenvalue weighted by Gasteiger charge is 2.18. The van der Waals surface area contributed by atoms with Gasteiger partial charge in [0.15, 0.2) is 11.0 Å². The molecule has 2 aromatic carbocycles. The number of rotatable bonds is 6. The number of hydrogen-bond acceptors (Lipinski definition) is 6. The number of aromatic nitrogens is 4. The predicted octanol–water partition coefficient (Wildman–Crippen LogP) is 4.24. The van der Waals surface area contributed by atoms with E-state index in [1.54, 1.807) is 36.7 Å². The number of nitriles is 1. The summed E-state index contributed by atoms with van der Waals surface area (Å²) < 4.78 is 1.95. The number of anilines is 1. The van der Waals surface area contributed by atoms with Crippen LogP contribution in [0.1, 0.15) is 11.1 Å². The second kappa shape index (κ2) is 9.24. The molecule has 0 fully saturated rings. The van der Waals surface area contributed by atoms with Gasteiger partial charge in [0.25, 0.3) is 0 Å². The number of aryl methyl sites for hydroxylation is 1. The third-order valence-corrected chi connectivity index (χ3v) is 5.51. The van der Waals surface area contributed by atoms with E-state index in [0.717, 1.165) is 16.8 Å². The Morgan fingerprint density at radius 1 is 1.06 bits per heavy atom. The van der Waals surface area contributed by atoms with Crippen LogP contribution >= 0.6 is 11.8 Å². The van der Waals surface area contributed by atoms with Gasteiger partial charge in [-0.15, -0.1) is 10.2 Å². The maximum absolute atomic E-state index is 12.5. The van der Waals surface area contributed by atoms with Crippen LogP contribution in [0.25, 0.3) is 17.1 Å². The van der Waals surface area contributed by atoms with E-state index in [2.05, 4.69) is 26.6 Å². The number of carbonyl (C=O) groups excluding carboxylic acids is 1. The standard InChI is InChI=1S/C23H18N6OS/c1-16-6-2-5-9-20(16)29-22(17-10-12-25-13-11-17)27-28-23(29)31-15-21(30)26-19-8-4-3-7-18(19)14-24/h2-13H,15H2,1H3,(H,26,30). The first-order valence-corrected chi connectivity index (χ1v) is 10.5. The molecule has 0 radical (unpaired) electrons. The number of para-hydroxylation sites is 2. The Bertz CT molecular complexity index is 1260. The van der Waals surface area contributed by atoms with Crippen molar-refractivity contribution in [2.45, 2.75) is 12.1 Å². The fourth-order valence-corrected chi connectivity index (χ4v) is 3.83. The summed E-state index contributed by atoms with van der Waals surface area (Å²) in [6.07, 6.45) is 3.41. The molecule has 2 aromatic heterocycles. The number of carbonyl (C=O) groups is 1. The minimum absolute atomic E-state index is 0.125. The van der Waals surface area contributed by atoms with Gasteiger partial charge in [0.1, 0.15) is 6.07 Å². The van der Waals surface area contributed by atoms with Crippen molar-refractivity contribution in [2.75, 3.05) is 11.1 Å². The average Bonchev–Trinajstić information content (AvgIpc) is 3.22. The zero-order valence-corrected chi connectivity index (χ0v) is 17.5. The molecule has 152 valence electrons. The van der Waals surface area contributed by atoms with E-state index in [9.17, 15) is 10.1 Å². The monoisotopic (exact) mass is 426 g/mol. The van der Waals surface area contributed by atoms with Gasteiger partial charge in [-0.05, 0) is 42.8 Å². The van der Waals surface area contributed by atoms with Crippen molar-refractivity contribution in [2.24, 2.45) is 0 Å². The molecule has 7 nitrogen and oxygen atoms in total. The number of nitrogens with one attached hydrogen (secondary N) is 1. The molecule has 0 bridgehead atoms. The molecular formula is C23H18N6OS. The molecule has 0 unspecified atom stereocenters. The molecule has 0 aliphatic carbocycles. The van der Waals surface area contributed by atoms with Gasteiger partial charge in [-0.2, -0.15) is 5.26 Å². The number of benzene rings is 2. The average molecular weight is 427 g/mol. The van der Waals surface area contributed by atoms with Gasteiger partial charge in [0, 0.05) is 18.0 Å². The highest BCUT2D eigenvalue weighted by atomic mass is 32.2. The van der Waals surface area contributed by atoms with Crippen molar-refractivity contribution in [3.05, 3.63) is 84.2 Å². The Balaban J connectivity index is 1.62. The largest absolute Gasteiger partial charge is 0.324 e. The van der Waals surface area contributed by atoms with Crippen molar-refractivity contribution >= 4 is 23.4 Å². The second-order valence-corrected chi connectivity index (χ2v) is 7.60. The lowest BCUT2D eigenvalue weighted by atomic mass is 10.2. The van der Waals surface area contributed by atoms with E-state index >= 15 is 0 Å².